The lowest BCUT2D eigenvalue weighted by Gasteiger charge is -2.56. The van der Waals surface area contributed by atoms with Gasteiger partial charge < -0.3 is 5.11 Å². The zero-order valence-corrected chi connectivity index (χ0v) is 18.1. The van der Waals surface area contributed by atoms with E-state index in [0.717, 1.165) is 56.1 Å². The molecule has 4 aliphatic rings. The van der Waals surface area contributed by atoms with E-state index in [1.165, 1.54) is 11.1 Å². The second-order valence-electron chi connectivity index (χ2n) is 10.7. The largest absolute Gasteiger partial charge is 0.393 e. The van der Waals surface area contributed by atoms with E-state index >= 15 is 0 Å². The lowest BCUT2D eigenvalue weighted by Crippen LogP contribution is -2.50. The van der Waals surface area contributed by atoms with Crippen LogP contribution in [-0.2, 0) is 4.79 Å². The van der Waals surface area contributed by atoms with E-state index in [2.05, 4.69) is 57.2 Å². The van der Waals surface area contributed by atoms with Crippen LogP contribution in [0.2, 0.25) is 0 Å². The first-order valence-electron chi connectivity index (χ1n) is 11.5. The van der Waals surface area contributed by atoms with Crippen molar-refractivity contribution in [1.82, 2.24) is 0 Å². The van der Waals surface area contributed by atoms with Crippen molar-refractivity contribution in [2.24, 2.45) is 28.6 Å². The Bertz CT molecular complexity index is 892. The molecule has 1 aromatic rings. The van der Waals surface area contributed by atoms with E-state index in [0.29, 0.717) is 23.5 Å². The second kappa shape index (κ2) is 6.67. The fraction of sp³-hybridized carbons (Fsp3) is 0.593. The smallest absolute Gasteiger partial charge is 0.165 e. The number of Topliss-reactive ketones (excluding diaryl/α,β-unsaturated/α-hetero) is 1. The van der Waals surface area contributed by atoms with Gasteiger partial charge in [0.1, 0.15) is 0 Å². The number of carbonyl (C=O) groups excluding carboxylic acids is 1. The van der Waals surface area contributed by atoms with Gasteiger partial charge >= 0.3 is 0 Å². The fourth-order valence-corrected chi connectivity index (χ4v) is 7.31. The molecule has 2 nitrogen and oxygen atoms in total. The maximum Gasteiger partial charge on any atom is 0.165 e. The Balaban J connectivity index is 1.47. The molecule has 0 amide bonds. The highest BCUT2D eigenvalue weighted by atomic mass is 16.3. The van der Waals surface area contributed by atoms with Gasteiger partial charge in [0, 0.05) is 5.41 Å². The molecule has 0 saturated heterocycles. The molecule has 0 heterocycles. The molecule has 0 aromatic heterocycles. The lowest BCUT2D eigenvalue weighted by atomic mass is 9.48. The van der Waals surface area contributed by atoms with E-state index in [1.54, 1.807) is 0 Å². The molecule has 0 aliphatic heterocycles. The zero-order valence-electron chi connectivity index (χ0n) is 18.1. The number of hydrogen-bond donors (Lipinski definition) is 1. The van der Waals surface area contributed by atoms with Crippen LogP contribution in [0.5, 0.6) is 0 Å². The number of hydrogen-bond acceptors (Lipinski definition) is 2. The molecular formula is C27H34O2. The van der Waals surface area contributed by atoms with Crippen LogP contribution in [0, 0.1) is 35.5 Å². The van der Waals surface area contributed by atoms with E-state index in [-0.39, 0.29) is 16.9 Å². The van der Waals surface area contributed by atoms with E-state index < -0.39 is 0 Å². The van der Waals surface area contributed by atoms with Crippen molar-refractivity contribution in [1.29, 1.82) is 0 Å². The Morgan fingerprint density at radius 3 is 2.48 bits per heavy atom. The second-order valence-corrected chi connectivity index (χ2v) is 10.7. The van der Waals surface area contributed by atoms with Crippen molar-refractivity contribution in [2.45, 2.75) is 71.8 Å². The van der Waals surface area contributed by atoms with Crippen molar-refractivity contribution in [3.8, 4) is 0 Å². The first-order chi connectivity index (χ1) is 13.8. The molecule has 2 heteroatoms. The molecule has 4 aliphatic carbocycles. The molecule has 0 spiro atoms. The molecule has 1 N–H and O–H groups in total. The van der Waals surface area contributed by atoms with Gasteiger partial charge in [0.2, 0.25) is 0 Å². The highest BCUT2D eigenvalue weighted by Crippen LogP contribution is 2.64. The summed E-state index contributed by atoms with van der Waals surface area (Å²) in [5.41, 5.74) is 4.99. The minimum absolute atomic E-state index is 0.156. The number of benzene rings is 1. The van der Waals surface area contributed by atoms with Crippen molar-refractivity contribution in [3.05, 3.63) is 52.6 Å². The van der Waals surface area contributed by atoms with Crippen molar-refractivity contribution < 1.29 is 9.90 Å². The van der Waals surface area contributed by atoms with Crippen molar-refractivity contribution >= 4 is 11.9 Å². The summed E-state index contributed by atoms with van der Waals surface area (Å²) >= 11 is 0. The highest BCUT2D eigenvalue weighted by molar-refractivity contribution is 6.05. The lowest BCUT2D eigenvalue weighted by molar-refractivity contribution is -0.130. The highest BCUT2D eigenvalue weighted by Gasteiger charge is 2.59. The third-order valence-corrected chi connectivity index (χ3v) is 9.14. The summed E-state index contributed by atoms with van der Waals surface area (Å²) in [7, 11) is 0. The Hall–Kier alpha value is -1.67. The van der Waals surface area contributed by atoms with Gasteiger partial charge in [-0.2, -0.15) is 0 Å². The molecule has 6 atom stereocenters. The summed E-state index contributed by atoms with van der Waals surface area (Å²) in [6.07, 6.45) is 11.5. The summed E-state index contributed by atoms with van der Waals surface area (Å²) < 4.78 is 0. The number of fused-ring (bicyclic) bond motifs is 5. The van der Waals surface area contributed by atoms with Crippen LogP contribution < -0.4 is 0 Å². The molecule has 1 aromatic carbocycles. The summed E-state index contributed by atoms with van der Waals surface area (Å²) in [5.74, 6) is 2.14. The number of aliphatic hydroxyl groups excluding tert-OH is 1. The Morgan fingerprint density at radius 1 is 1.00 bits per heavy atom. The quantitative estimate of drug-likeness (QED) is 0.480. The predicted molar refractivity (Wildman–Crippen MR) is 117 cm³/mol. The maximum atomic E-state index is 13.5. The topological polar surface area (TPSA) is 37.3 Å². The van der Waals surface area contributed by atoms with Crippen LogP contribution >= 0.6 is 0 Å². The van der Waals surface area contributed by atoms with Crippen LogP contribution in [0.4, 0.5) is 0 Å². The molecule has 0 bridgehead atoms. The summed E-state index contributed by atoms with van der Waals surface area (Å²) in [6.45, 7) is 6.80. The predicted octanol–water partition coefficient (Wildman–Crippen LogP) is 5.88. The van der Waals surface area contributed by atoms with E-state index in [9.17, 15) is 9.90 Å². The molecule has 154 valence electrons. The Labute approximate surface area is 175 Å². The Kier molecular flexibility index (Phi) is 4.44. The average Bonchev–Trinajstić information content (AvgIpc) is 2.95. The van der Waals surface area contributed by atoms with Gasteiger partial charge in [-0.15, -0.1) is 0 Å². The van der Waals surface area contributed by atoms with Gasteiger partial charge in [0.05, 0.1) is 6.10 Å². The number of aliphatic hydroxyl groups is 1. The van der Waals surface area contributed by atoms with Crippen molar-refractivity contribution in [3.63, 3.8) is 0 Å². The van der Waals surface area contributed by atoms with Gasteiger partial charge in [-0.05, 0) is 92.3 Å². The van der Waals surface area contributed by atoms with Crippen LogP contribution in [0.3, 0.4) is 0 Å². The molecule has 3 fully saturated rings. The molecule has 0 unspecified atom stereocenters. The van der Waals surface area contributed by atoms with Gasteiger partial charge in [0.15, 0.2) is 5.78 Å². The third kappa shape index (κ3) is 2.90. The van der Waals surface area contributed by atoms with E-state index in [4.69, 9.17) is 0 Å². The molecular weight excluding hydrogens is 356 g/mol. The van der Waals surface area contributed by atoms with Gasteiger partial charge in [-0.1, -0.05) is 55.3 Å². The van der Waals surface area contributed by atoms with Gasteiger partial charge in [0.25, 0.3) is 0 Å². The van der Waals surface area contributed by atoms with Gasteiger partial charge in [-0.3, -0.25) is 4.79 Å². The van der Waals surface area contributed by atoms with Crippen LogP contribution in [-0.4, -0.2) is 17.0 Å². The number of ketones is 1. The Morgan fingerprint density at radius 2 is 1.72 bits per heavy atom. The normalized spacial score (nSPS) is 42.8. The van der Waals surface area contributed by atoms with Crippen molar-refractivity contribution in [2.75, 3.05) is 0 Å². The van der Waals surface area contributed by atoms with Crippen LogP contribution in [0.1, 0.15) is 69.9 Å². The number of aryl methyl sites for hydroxylation is 1. The minimum atomic E-state index is -0.187. The first-order valence-corrected chi connectivity index (χ1v) is 11.5. The number of rotatable bonds is 1. The van der Waals surface area contributed by atoms with Gasteiger partial charge in [-0.25, -0.2) is 0 Å². The average molecular weight is 391 g/mol. The number of carbonyl (C=O) groups is 1. The molecule has 5 rings (SSSR count). The van der Waals surface area contributed by atoms with Crippen LogP contribution in [0.25, 0.3) is 6.08 Å². The summed E-state index contributed by atoms with van der Waals surface area (Å²) in [6, 6.07) is 8.52. The SMILES string of the molecule is Cc1ccc(/C=C2/C[C@H]3[C@@H]4CC=C5C[C@H](O)CC[C@]5(C)[C@H]4CC[C@]3(C)C2=O)cc1. The molecule has 3 saturated carbocycles. The monoisotopic (exact) mass is 390 g/mol. The molecule has 29 heavy (non-hydrogen) atoms. The standard InChI is InChI=1S/C27H34O2/c1-17-4-6-18(7-5-17)14-19-15-24-22-9-8-20-16-21(28)10-12-26(20,2)23(22)11-13-27(24,3)25(19)29/h4-8,14,21-24,28H,9-13,15-16H2,1-3H3/b19-14-/t21-,22-,23+,24+,26+,27+/m1/s1. The first kappa shape index (κ1) is 19.3. The maximum absolute atomic E-state index is 13.5. The summed E-state index contributed by atoms with van der Waals surface area (Å²) in [5, 5.41) is 10.2. The minimum Gasteiger partial charge on any atom is -0.393 e. The third-order valence-electron chi connectivity index (χ3n) is 9.14. The molecule has 0 radical (unpaired) electrons. The fourth-order valence-electron chi connectivity index (χ4n) is 7.31. The zero-order chi connectivity index (χ0) is 20.4. The number of allylic oxidation sites excluding steroid dienone is 2. The van der Waals surface area contributed by atoms with E-state index in [1.807, 2.05) is 0 Å². The summed E-state index contributed by atoms with van der Waals surface area (Å²) in [4.78, 5) is 13.5. The van der Waals surface area contributed by atoms with Crippen LogP contribution in [0.15, 0.2) is 41.5 Å².